The van der Waals surface area contributed by atoms with Crippen LogP contribution in [0, 0.1) is 0 Å². The summed E-state index contributed by atoms with van der Waals surface area (Å²) in [6.45, 7) is 2.93. The first-order valence-electron chi connectivity index (χ1n) is 5.52. The number of likely N-dealkylation sites (N-methyl/N-ethyl adjacent to an activating group) is 1. The van der Waals surface area contributed by atoms with E-state index in [0.29, 0.717) is 4.65 Å². The number of hydroxylamine groups is 2. The average molecular weight is 220 g/mol. The number of fused-ring (bicyclic) bond motifs is 1. The molecule has 16 heavy (non-hydrogen) atoms. The van der Waals surface area contributed by atoms with Crippen molar-refractivity contribution in [1.82, 2.24) is 4.65 Å². The molecule has 0 saturated carbocycles. The number of hydrogen-bond donors (Lipinski definition) is 0. The lowest BCUT2D eigenvalue weighted by Crippen LogP contribution is -2.57. The summed E-state index contributed by atoms with van der Waals surface area (Å²) in [5.41, 5.74) is 2.35. The molecule has 1 aromatic carbocycles. The van der Waals surface area contributed by atoms with Crippen LogP contribution in [0.2, 0.25) is 0 Å². The summed E-state index contributed by atoms with van der Waals surface area (Å²) in [6, 6.07) is 8.26. The maximum Gasteiger partial charge on any atom is 0.247 e. The molecule has 3 nitrogen and oxygen atoms in total. The van der Waals surface area contributed by atoms with E-state index in [4.69, 9.17) is 9.57 Å². The Hall–Kier alpha value is -1.16. The van der Waals surface area contributed by atoms with E-state index < -0.39 is 0 Å². The Morgan fingerprint density at radius 2 is 2.00 bits per heavy atom. The molecule has 2 atom stereocenters. The SMILES string of the molecule is CC[N+]1(OC)c2ccccc2C=CC1OC. The van der Waals surface area contributed by atoms with Crippen molar-refractivity contribution in [1.29, 1.82) is 0 Å². The first kappa shape index (κ1) is 11.3. The third-order valence-corrected chi connectivity index (χ3v) is 3.23. The number of hydrogen-bond acceptors (Lipinski definition) is 2. The van der Waals surface area contributed by atoms with Gasteiger partial charge in [-0.2, -0.15) is 4.84 Å². The number of quaternary nitrogens is 1. The van der Waals surface area contributed by atoms with E-state index in [1.807, 2.05) is 12.1 Å². The Balaban J connectivity index is 2.58. The quantitative estimate of drug-likeness (QED) is 0.729. The molecule has 1 aromatic rings. The second kappa shape index (κ2) is 4.37. The van der Waals surface area contributed by atoms with Crippen molar-refractivity contribution in [3.63, 3.8) is 0 Å². The number of nitrogens with zero attached hydrogens (tertiary/aromatic N) is 1. The molecule has 2 unspecified atom stereocenters. The number of benzene rings is 1. The van der Waals surface area contributed by atoms with Gasteiger partial charge in [-0.3, -0.25) is 0 Å². The third kappa shape index (κ3) is 1.48. The Kier molecular flexibility index (Phi) is 3.10. The number of para-hydroxylation sites is 1. The maximum atomic E-state index is 5.72. The van der Waals surface area contributed by atoms with Gasteiger partial charge in [0.2, 0.25) is 6.23 Å². The van der Waals surface area contributed by atoms with Crippen LogP contribution in [-0.4, -0.2) is 27.0 Å². The van der Waals surface area contributed by atoms with Gasteiger partial charge in [0.1, 0.15) is 6.54 Å². The summed E-state index contributed by atoms with van der Waals surface area (Å²) >= 11 is 0. The lowest BCUT2D eigenvalue weighted by Gasteiger charge is -2.39. The molecule has 0 radical (unpaired) electrons. The first-order valence-corrected chi connectivity index (χ1v) is 5.52. The van der Waals surface area contributed by atoms with Gasteiger partial charge < -0.3 is 4.74 Å². The second-order valence-electron chi connectivity index (χ2n) is 3.84. The van der Waals surface area contributed by atoms with Crippen LogP contribution in [0.3, 0.4) is 0 Å². The zero-order valence-corrected chi connectivity index (χ0v) is 10.0. The fraction of sp³-hybridized carbons (Fsp3) is 0.385. The predicted octanol–water partition coefficient (Wildman–Crippen LogP) is 2.57. The molecule has 0 saturated heterocycles. The van der Waals surface area contributed by atoms with Gasteiger partial charge in [-0.15, -0.1) is 4.65 Å². The summed E-state index contributed by atoms with van der Waals surface area (Å²) in [7, 11) is 3.44. The molecule has 3 heteroatoms. The van der Waals surface area contributed by atoms with Crippen LogP contribution < -0.4 is 4.65 Å². The van der Waals surface area contributed by atoms with Crippen LogP contribution in [0.4, 0.5) is 5.69 Å². The van der Waals surface area contributed by atoms with E-state index in [1.165, 1.54) is 5.56 Å². The molecule has 1 aliphatic heterocycles. The highest BCUT2D eigenvalue weighted by Crippen LogP contribution is 2.35. The van der Waals surface area contributed by atoms with E-state index in [9.17, 15) is 0 Å². The zero-order chi connectivity index (χ0) is 11.6. The number of rotatable bonds is 3. The van der Waals surface area contributed by atoms with Gasteiger partial charge in [0.25, 0.3) is 0 Å². The monoisotopic (exact) mass is 220 g/mol. The molecule has 1 heterocycles. The normalized spacial score (nSPS) is 27.8. The van der Waals surface area contributed by atoms with Crippen LogP contribution in [0.15, 0.2) is 30.3 Å². The highest BCUT2D eigenvalue weighted by atomic mass is 16.7. The van der Waals surface area contributed by atoms with Gasteiger partial charge in [0.05, 0.1) is 7.11 Å². The molecule has 0 spiro atoms. The standard InChI is InChI=1S/C13H18NO2/c1-4-14(16-3)12-8-6-5-7-11(12)9-10-13(14)15-2/h5-10,13H,4H2,1-3H3/q+1. The Morgan fingerprint density at radius 1 is 1.25 bits per heavy atom. The van der Waals surface area contributed by atoms with Gasteiger partial charge in [-0.05, 0) is 19.1 Å². The largest absolute Gasteiger partial charge is 0.326 e. The highest BCUT2D eigenvalue weighted by molar-refractivity contribution is 5.68. The topological polar surface area (TPSA) is 18.5 Å². The molecule has 0 bridgehead atoms. The summed E-state index contributed by atoms with van der Waals surface area (Å²) < 4.78 is 5.90. The molecule has 2 rings (SSSR count). The van der Waals surface area contributed by atoms with E-state index in [2.05, 4.69) is 31.2 Å². The molecule has 0 fully saturated rings. The lowest BCUT2D eigenvalue weighted by molar-refractivity contribution is -0.199. The molecule has 0 aromatic heterocycles. The van der Waals surface area contributed by atoms with Gasteiger partial charge >= 0.3 is 0 Å². The van der Waals surface area contributed by atoms with Crippen LogP contribution in [0.1, 0.15) is 12.5 Å². The fourth-order valence-corrected chi connectivity index (χ4v) is 2.37. The Bertz CT molecular complexity index is 397. The van der Waals surface area contributed by atoms with Crippen molar-refractivity contribution in [3.05, 3.63) is 35.9 Å². The maximum absolute atomic E-state index is 5.72. The number of ether oxygens (including phenoxy) is 1. The molecule has 0 amide bonds. The summed E-state index contributed by atoms with van der Waals surface area (Å²) in [6.07, 6.45) is 4.06. The molecule has 1 aliphatic rings. The smallest absolute Gasteiger partial charge is 0.247 e. The summed E-state index contributed by atoms with van der Waals surface area (Å²) in [4.78, 5) is 5.72. The van der Waals surface area contributed by atoms with Crippen LogP contribution in [-0.2, 0) is 9.57 Å². The predicted molar refractivity (Wildman–Crippen MR) is 65.6 cm³/mol. The highest BCUT2D eigenvalue weighted by Gasteiger charge is 2.42. The van der Waals surface area contributed by atoms with Crippen LogP contribution in [0.25, 0.3) is 6.08 Å². The van der Waals surface area contributed by atoms with Gasteiger partial charge in [0.15, 0.2) is 5.69 Å². The van der Waals surface area contributed by atoms with Crippen molar-refractivity contribution >= 4 is 11.8 Å². The minimum atomic E-state index is -0.0788. The number of methoxy groups -OCH3 is 1. The van der Waals surface area contributed by atoms with Crippen molar-refractivity contribution in [3.8, 4) is 0 Å². The van der Waals surface area contributed by atoms with Gasteiger partial charge in [-0.25, -0.2) is 0 Å². The fourth-order valence-electron chi connectivity index (χ4n) is 2.37. The molecule has 0 aliphatic carbocycles. The van der Waals surface area contributed by atoms with Crippen molar-refractivity contribution in [2.45, 2.75) is 13.2 Å². The van der Waals surface area contributed by atoms with Gasteiger partial charge in [0, 0.05) is 24.8 Å². The average Bonchev–Trinajstić information content (AvgIpc) is 2.37. The van der Waals surface area contributed by atoms with E-state index in [1.54, 1.807) is 14.2 Å². The van der Waals surface area contributed by atoms with Crippen LogP contribution >= 0.6 is 0 Å². The Morgan fingerprint density at radius 3 is 2.62 bits per heavy atom. The molecule has 0 N–H and O–H groups in total. The van der Waals surface area contributed by atoms with Crippen molar-refractivity contribution < 1.29 is 9.57 Å². The minimum absolute atomic E-state index is 0.0788. The lowest BCUT2D eigenvalue weighted by atomic mass is 10.1. The van der Waals surface area contributed by atoms with E-state index in [0.717, 1.165) is 12.2 Å². The van der Waals surface area contributed by atoms with Gasteiger partial charge in [-0.1, -0.05) is 12.1 Å². The summed E-state index contributed by atoms with van der Waals surface area (Å²) in [5.74, 6) is 0. The minimum Gasteiger partial charge on any atom is -0.326 e. The second-order valence-corrected chi connectivity index (χ2v) is 3.84. The Labute approximate surface area is 96.4 Å². The zero-order valence-electron chi connectivity index (χ0n) is 10.0. The molecular weight excluding hydrogens is 202 g/mol. The van der Waals surface area contributed by atoms with Crippen LogP contribution in [0.5, 0.6) is 0 Å². The van der Waals surface area contributed by atoms with E-state index >= 15 is 0 Å². The van der Waals surface area contributed by atoms with Crippen molar-refractivity contribution in [2.75, 3.05) is 20.8 Å². The van der Waals surface area contributed by atoms with Crippen molar-refractivity contribution in [2.24, 2.45) is 0 Å². The van der Waals surface area contributed by atoms with E-state index in [-0.39, 0.29) is 6.23 Å². The molecular formula is C13H18NO2+. The first-order chi connectivity index (χ1) is 7.78. The molecule has 86 valence electrons. The third-order valence-electron chi connectivity index (χ3n) is 3.23. The summed E-state index contributed by atoms with van der Waals surface area (Å²) in [5, 5.41) is 0.